The van der Waals surface area contributed by atoms with Crippen molar-refractivity contribution in [3.63, 3.8) is 0 Å². The van der Waals surface area contributed by atoms with E-state index in [4.69, 9.17) is 4.42 Å². The molecule has 1 aromatic heterocycles. The average molecular weight is 449 g/mol. The van der Waals surface area contributed by atoms with Crippen LogP contribution in [0.2, 0.25) is 0 Å². The highest BCUT2D eigenvalue weighted by atomic mass is 16.3. The molecule has 0 radical (unpaired) electrons. The zero-order valence-electron chi connectivity index (χ0n) is 18.5. The van der Waals surface area contributed by atoms with Crippen molar-refractivity contribution in [1.29, 1.82) is 0 Å². The smallest absolute Gasteiger partial charge is 0.291 e. The Hall–Kier alpha value is -4.12. The zero-order chi connectivity index (χ0) is 23.1. The molecule has 168 valence electrons. The minimum absolute atomic E-state index is 0.105. The fourth-order valence-corrected chi connectivity index (χ4v) is 5.59. The van der Waals surface area contributed by atoms with Crippen LogP contribution < -0.4 is 10.6 Å². The van der Waals surface area contributed by atoms with Gasteiger partial charge in [-0.25, -0.2) is 0 Å². The maximum atomic E-state index is 12.9. The van der Waals surface area contributed by atoms with Crippen LogP contribution in [0.15, 0.2) is 95.6 Å². The zero-order valence-corrected chi connectivity index (χ0v) is 18.5. The van der Waals surface area contributed by atoms with Crippen molar-refractivity contribution in [3.8, 4) is 0 Å². The van der Waals surface area contributed by atoms with E-state index in [1.807, 2.05) is 0 Å². The number of benzene rings is 3. The molecule has 0 aliphatic heterocycles. The first kappa shape index (κ1) is 20.5. The highest BCUT2D eigenvalue weighted by Crippen LogP contribution is 2.55. The second-order valence-electron chi connectivity index (χ2n) is 9.00. The lowest BCUT2D eigenvalue weighted by molar-refractivity contribution is 0.0942. The van der Waals surface area contributed by atoms with Crippen molar-refractivity contribution in [1.82, 2.24) is 5.32 Å². The van der Waals surface area contributed by atoms with E-state index < -0.39 is 0 Å². The maximum absolute atomic E-state index is 12.9. The van der Waals surface area contributed by atoms with Crippen molar-refractivity contribution in [3.05, 3.63) is 125 Å². The third-order valence-corrected chi connectivity index (χ3v) is 7.10. The van der Waals surface area contributed by atoms with E-state index in [0.29, 0.717) is 35.5 Å². The number of fused-ring (bicyclic) bond motifs is 1. The lowest BCUT2D eigenvalue weighted by atomic mass is 9.59. The standard InChI is InChI=1S/C29H24N2O3/c32-28(18-11-13-20(14-12-18)31-29(33)26-10-5-15-34-26)30-17-19-16-25-21-6-1-3-8-23(21)27(19)24-9-4-2-7-22(24)25/h1-15,19,25,27H,16-17H2,(H,30,32)(H,31,33). The molecule has 4 aromatic rings. The Bertz CT molecular complexity index is 1310. The third kappa shape index (κ3) is 3.50. The average Bonchev–Trinajstić information content (AvgIpc) is 3.43. The van der Waals surface area contributed by atoms with Crippen LogP contribution in [0, 0.1) is 5.92 Å². The van der Waals surface area contributed by atoms with Crippen LogP contribution in [0.4, 0.5) is 5.69 Å². The number of nitrogens with one attached hydrogen (secondary N) is 2. The minimum atomic E-state index is -0.324. The molecular weight excluding hydrogens is 424 g/mol. The van der Waals surface area contributed by atoms with Crippen LogP contribution >= 0.6 is 0 Å². The van der Waals surface area contributed by atoms with Crippen molar-refractivity contribution in [2.45, 2.75) is 18.3 Å². The van der Waals surface area contributed by atoms with Gasteiger partial charge in [-0.1, -0.05) is 48.5 Å². The van der Waals surface area contributed by atoms with E-state index in [9.17, 15) is 9.59 Å². The summed E-state index contributed by atoms with van der Waals surface area (Å²) >= 11 is 0. The number of amides is 2. The molecule has 1 atom stereocenters. The molecule has 5 heteroatoms. The maximum Gasteiger partial charge on any atom is 0.291 e. The second kappa shape index (κ2) is 8.34. The van der Waals surface area contributed by atoms with E-state index in [1.54, 1.807) is 36.4 Å². The number of rotatable bonds is 5. The van der Waals surface area contributed by atoms with Crippen LogP contribution in [-0.2, 0) is 0 Å². The summed E-state index contributed by atoms with van der Waals surface area (Å²) in [5.74, 6) is 0.854. The molecule has 7 rings (SSSR count). The van der Waals surface area contributed by atoms with Crippen LogP contribution in [0.25, 0.3) is 0 Å². The quantitative estimate of drug-likeness (QED) is 0.420. The van der Waals surface area contributed by atoms with Gasteiger partial charge in [-0.2, -0.15) is 0 Å². The van der Waals surface area contributed by atoms with E-state index in [2.05, 4.69) is 59.2 Å². The first-order valence-electron chi connectivity index (χ1n) is 11.6. The monoisotopic (exact) mass is 448 g/mol. The number of anilines is 1. The molecule has 34 heavy (non-hydrogen) atoms. The van der Waals surface area contributed by atoms with Crippen LogP contribution in [-0.4, -0.2) is 18.4 Å². The van der Waals surface area contributed by atoms with Crippen molar-refractivity contribution in [2.75, 3.05) is 11.9 Å². The topological polar surface area (TPSA) is 71.3 Å². The molecule has 5 nitrogen and oxygen atoms in total. The molecule has 3 aromatic carbocycles. The molecule has 0 fully saturated rings. The van der Waals surface area contributed by atoms with Gasteiger partial charge >= 0.3 is 0 Å². The number of hydrogen-bond acceptors (Lipinski definition) is 3. The summed E-state index contributed by atoms with van der Waals surface area (Å²) in [7, 11) is 0. The summed E-state index contributed by atoms with van der Waals surface area (Å²) < 4.78 is 5.11. The minimum Gasteiger partial charge on any atom is -0.459 e. The normalized spacial score (nSPS) is 19.7. The summed E-state index contributed by atoms with van der Waals surface area (Å²) in [6, 6.07) is 27.6. The van der Waals surface area contributed by atoms with E-state index in [0.717, 1.165) is 6.42 Å². The van der Waals surface area contributed by atoms with Crippen molar-refractivity contribution >= 4 is 17.5 Å². The first-order chi connectivity index (χ1) is 16.7. The summed E-state index contributed by atoms with van der Waals surface area (Å²) in [5.41, 5.74) is 6.83. The molecule has 2 N–H and O–H groups in total. The summed E-state index contributed by atoms with van der Waals surface area (Å²) in [6.07, 6.45) is 2.49. The van der Waals surface area contributed by atoms with E-state index >= 15 is 0 Å². The molecule has 3 aliphatic carbocycles. The number of carbonyl (C=O) groups is 2. The largest absolute Gasteiger partial charge is 0.459 e. The molecular formula is C29H24N2O3. The van der Waals surface area contributed by atoms with Gasteiger partial charge in [0.1, 0.15) is 0 Å². The van der Waals surface area contributed by atoms with Gasteiger partial charge in [-0.3, -0.25) is 9.59 Å². The Morgan fingerprint density at radius 1 is 0.765 bits per heavy atom. The predicted octanol–water partition coefficient (Wildman–Crippen LogP) is 5.56. The molecule has 3 aliphatic rings. The van der Waals surface area contributed by atoms with Gasteiger partial charge in [-0.15, -0.1) is 0 Å². The van der Waals surface area contributed by atoms with Crippen molar-refractivity contribution in [2.24, 2.45) is 5.92 Å². The Balaban J connectivity index is 1.15. The van der Waals surface area contributed by atoms with Gasteiger partial charge in [-0.05, 0) is 71.0 Å². The Labute approximate surface area is 197 Å². The molecule has 2 amide bonds. The van der Waals surface area contributed by atoms with Gasteiger partial charge in [0.15, 0.2) is 5.76 Å². The number of hydrogen-bond donors (Lipinski definition) is 2. The Morgan fingerprint density at radius 3 is 2.03 bits per heavy atom. The van der Waals surface area contributed by atoms with Crippen LogP contribution in [0.1, 0.15) is 61.4 Å². The van der Waals surface area contributed by atoms with Gasteiger partial charge in [0.25, 0.3) is 11.8 Å². The molecule has 2 bridgehead atoms. The number of furan rings is 1. The van der Waals surface area contributed by atoms with Crippen molar-refractivity contribution < 1.29 is 14.0 Å². The molecule has 0 saturated heterocycles. The van der Waals surface area contributed by atoms with Gasteiger partial charge in [0.05, 0.1) is 6.26 Å². The molecule has 1 heterocycles. The predicted molar refractivity (Wildman–Crippen MR) is 130 cm³/mol. The molecule has 0 saturated carbocycles. The SMILES string of the molecule is O=C(NCC1CC2c3ccccc3C1c1ccccc12)c1ccc(NC(=O)c2ccco2)cc1. The molecule has 1 unspecified atom stereocenters. The lowest BCUT2D eigenvalue weighted by Gasteiger charge is -2.45. The van der Waals surface area contributed by atoms with Gasteiger partial charge in [0.2, 0.25) is 0 Å². The van der Waals surface area contributed by atoms with E-state index in [1.165, 1.54) is 28.5 Å². The second-order valence-corrected chi connectivity index (χ2v) is 9.00. The number of carbonyl (C=O) groups excluding carboxylic acids is 2. The Kier molecular flexibility index (Phi) is 5.02. The molecule has 0 spiro atoms. The lowest BCUT2D eigenvalue weighted by Crippen LogP contribution is -2.39. The van der Waals surface area contributed by atoms with E-state index in [-0.39, 0.29) is 17.6 Å². The van der Waals surface area contributed by atoms with Gasteiger partial charge < -0.3 is 15.1 Å². The van der Waals surface area contributed by atoms with Crippen LogP contribution in [0.5, 0.6) is 0 Å². The summed E-state index contributed by atoms with van der Waals surface area (Å²) in [6.45, 7) is 0.625. The van der Waals surface area contributed by atoms with Gasteiger partial charge in [0, 0.05) is 29.6 Å². The first-order valence-corrected chi connectivity index (χ1v) is 11.6. The fraction of sp³-hybridized carbons (Fsp3) is 0.172. The van der Waals surface area contributed by atoms with Crippen LogP contribution in [0.3, 0.4) is 0 Å². The summed E-state index contributed by atoms with van der Waals surface area (Å²) in [4.78, 5) is 25.0. The third-order valence-electron chi connectivity index (χ3n) is 7.10. The fourth-order valence-electron chi connectivity index (χ4n) is 5.59. The summed E-state index contributed by atoms with van der Waals surface area (Å²) in [5, 5.41) is 5.92. The highest BCUT2D eigenvalue weighted by molar-refractivity contribution is 6.02. The Morgan fingerprint density at radius 2 is 1.41 bits per heavy atom. The highest BCUT2D eigenvalue weighted by Gasteiger charge is 2.42.